The van der Waals surface area contributed by atoms with Crippen LogP contribution in [0, 0.1) is 12.7 Å². The summed E-state index contributed by atoms with van der Waals surface area (Å²) in [7, 11) is 1.67. The average Bonchev–Trinajstić information content (AvgIpc) is 2.48. The van der Waals surface area contributed by atoms with Crippen LogP contribution < -0.4 is 10.1 Å². The lowest BCUT2D eigenvalue weighted by Crippen LogP contribution is -2.16. The number of rotatable bonds is 6. The topological polar surface area (TPSA) is 21.3 Å². The van der Waals surface area contributed by atoms with Crippen molar-refractivity contribution in [2.75, 3.05) is 13.7 Å². The molecule has 0 atom stereocenters. The van der Waals surface area contributed by atoms with Crippen molar-refractivity contribution in [1.29, 1.82) is 0 Å². The SMILES string of the molecule is COc1ccc(CCNCc2ccc(F)c(C)c2)cc1. The number of halogens is 1. The van der Waals surface area contributed by atoms with Crippen LogP contribution in [0.15, 0.2) is 42.5 Å². The van der Waals surface area contributed by atoms with Gasteiger partial charge in [-0.3, -0.25) is 0 Å². The molecule has 2 aromatic rings. The minimum Gasteiger partial charge on any atom is -0.497 e. The second-order valence-corrected chi connectivity index (χ2v) is 4.86. The summed E-state index contributed by atoms with van der Waals surface area (Å²) in [5.74, 6) is 0.732. The predicted molar refractivity (Wildman–Crippen MR) is 79.5 cm³/mol. The third-order valence-electron chi connectivity index (χ3n) is 3.30. The standard InChI is InChI=1S/C17H20FNO/c1-13-11-15(5-8-17(13)18)12-19-10-9-14-3-6-16(20-2)7-4-14/h3-8,11,19H,9-10,12H2,1-2H3. The summed E-state index contributed by atoms with van der Waals surface area (Å²) in [6.45, 7) is 3.44. The van der Waals surface area contributed by atoms with Crippen LogP contribution in [0.4, 0.5) is 4.39 Å². The summed E-state index contributed by atoms with van der Waals surface area (Å²) in [5, 5.41) is 3.37. The number of methoxy groups -OCH3 is 1. The Bertz CT molecular complexity index is 551. The van der Waals surface area contributed by atoms with Gasteiger partial charge in [0.2, 0.25) is 0 Å². The lowest BCUT2D eigenvalue weighted by atomic mass is 10.1. The molecule has 0 aliphatic carbocycles. The molecular formula is C17H20FNO. The van der Waals surface area contributed by atoms with Gasteiger partial charge in [0, 0.05) is 6.54 Å². The number of benzene rings is 2. The van der Waals surface area contributed by atoms with E-state index in [1.165, 1.54) is 11.6 Å². The van der Waals surface area contributed by atoms with Crippen LogP contribution in [0.3, 0.4) is 0 Å². The van der Waals surface area contributed by atoms with Crippen LogP contribution in [-0.2, 0) is 13.0 Å². The predicted octanol–water partition coefficient (Wildman–Crippen LogP) is 3.48. The molecule has 0 spiro atoms. The molecule has 0 fully saturated rings. The maximum absolute atomic E-state index is 13.1. The van der Waals surface area contributed by atoms with Crippen molar-refractivity contribution in [3.8, 4) is 5.75 Å². The van der Waals surface area contributed by atoms with E-state index in [2.05, 4.69) is 17.4 Å². The van der Waals surface area contributed by atoms with E-state index in [0.29, 0.717) is 5.56 Å². The number of hydrogen-bond donors (Lipinski definition) is 1. The number of ether oxygens (including phenoxy) is 1. The first-order valence-corrected chi connectivity index (χ1v) is 6.77. The summed E-state index contributed by atoms with van der Waals surface area (Å²) in [4.78, 5) is 0. The fourth-order valence-electron chi connectivity index (χ4n) is 2.07. The Morgan fingerprint density at radius 1 is 1.05 bits per heavy atom. The zero-order chi connectivity index (χ0) is 14.4. The molecule has 0 amide bonds. The Balaban J connectivity index is 1.76. The second-order valence-electron chi connectivity index (χ2n) is 4.86. The Kier molecular flexibility index (Phi) is 5.13. The van der Waals surface area contributed by atoms with Gasteiger partial charge >= 0.3 is 0 Å². The van der Waals surface area contributed by atoms with E-state index in [1.807, 2.05) is 24.3 Å². The summed E-state index contributed by atoms with van der Waals surface area (Å²) in [5.41, 5.74) is 3.08. The van der Waals surface area contributed by atoms with Gasteiger partial charge in [-0.1, -0.05) is 24.3 Å². The highest BCUT2D eigenvalue weighted by Crippen LogP contribution is 2.12. The number of nitrogens with one attached hydrogen (secondary N) is 1. The summed E-state index contributed by atoms with van der Waals surface area (Å²) < 4.78 is 18.3. The largest absolute Gasteiger partial charge is 0.497 e. The van der Waals surface area contributed by atoms with Crippen LogP contribution in [0.25, 0.3) is 0 Å². The van der Waals surface area contributed by atoms with Gasteiger partial charge < -0.3 is 10.1 Å². The number of hydrogen-bond acceptors (Lipinski definition) is 2. The molecule has 0 aliphatic rings. The van der Waals surface area contributed by atoms with Gasteiger partial charge in [0.05, 0.1) is 7.11 Å². The van der Waals surface area contributed by atoms with Gasteiger partial charge in [-0.15, -0.1) is 0 Å². The van der Waals surface area contributed by atoms with E-state index in [0.717, 1.165) is 30.8 Å². The van der Waals surface area contributed by atoms with Gasteiger partial charge in [-0.25, -0.2) is 4.39 Å². The van der Waals surface area contributed by atoms with Crippen LogP contribution in [0.5, 0.6) is 5.75 Å². The second kappa shape index (κ2) is 7.06. The average molecular weight is 273 g/mol. The number of aryl methyl sites for hydroxylation is 1. The van der Waals surface area contributed by atoms with Crippen molar-refractivity contribution in [3.63, 3.8) is 0 Å². The maximum atomic E-state index is 13.1. The van der Waals surface area contributed by atoms with Crippen molar-refractivity contribution in [2.24, 2.45) is 0 Å². The van der Waals surface area contributed by atoms with E-state index in [9.17, 15) is 4.39 Å². The van der Waals surface area contributed by atoms with Gasteiger partial charge in [0.25, 0.3) is 0 Å². The van der Waals surface area contributed by atoms with E-state index in [-0.39, 0.29) is 5.82 Å². The first-order chi connectivity index (χ1) is 9.69. The molecule has 3 heteroatoms. The highest BCUT2D eigenvalue weighted by molar-refractivity contribution is 5.27. The molecule has 0 saturated heterocycles. The Morgan fingerprint density at radius 2 is 1.75 bits per heavy atom. The van der Waals surface area contributed by atoms with E-state index >= 15 is 0 Å². The van der Waals surface area contributed by atoms with Gasteiger partial charge in [-0.2, -0.15) is 0 Å². The Labute approximate surface area is 119 Å². The fraction of sp³-hybridized carbons (Fsp3) is 0.294. The van der Waals surface area contributed by atoms with Crippen molar-refractivity contribution in [2.45, 2.75) is 19.9 Å². The Morgan fingerprint density at radius 3 is 2.40 bits per heavy atom. The van der Waals surface area contributed by atoms with Crippen LogP contribution in [-0.4, -0.2) is 13.7 Å². The molecule has 2 nitrogen and oxygen atoms in total. The van der Waals surface area contributed by atoms with Gasteiger partial charge in [0.15, 0.2) is 0 Å². The van der Waals surface area contributed by atoms with E-state index in [4.69, 9.17) is 4.74 Å². The minimum absolute atomic E-state index is 0.146. The molecule has 1 N–H and O–H groups in total. The molecule has 0 radical (unpaired) electrons. The first-order valence-electron chi connectivity index (χ1n) is 6.77. The van der Waals surface area contributed by atoms with Crippen LogP contribution in [0.1, 0.15) is 16.7 Å². The van der Waals surface area contributed by atoms with Crippen LogP contribution in [0.2, 0.25) is 0 Å². The molecule has 106 valence electrons. The Hall–Kier alpha value is -1.87. The molecule has 2 rings (SSSR count). The minimum atomic E-state index is -0.146. The summed E-state index contributed by atoms with van der Waals surface area (Å²) in [6, 6.07) is 13.3. The van der Waals surface area contributed by atoms with Crippen molar-refractivity contribution < 1.29 is 9.13 Å². The molecule has 0 aliphatic heterocycles. The van der Waals surface area contributed by atoms with E-state index < -0.39 is 0 Å². The van der Waals surface area contributed by atoms with Gasteiger partial charge in [0.1, 0.15) is 11.6 Å². The smallest absolute Gasteiger partial charge is 0.126 e. The molecule has 0 aromatic heterocycles. The summed E-state index contributed by atoms with van der Waals surface area (Å²) >= 11 is 0. The highest BCUT2D eigenvalue weighted by atomic mass is 19.1. The van der Waals surface area contributed by atoms with Gasteiger partial charge in [-0.05, 0) is 54.8 Å². The monoisotopic (exact) mass is 273 g/mol. The molecule has 0 unspecified atom stereocenters. The van der Waals surface area contributed by atoms with E-state index in [1.54, 1.807) is 14.0 Å². The third-order valence-corrected chi connectivity index (χ3v) is 3.30. The summed E-state index contributed by atoms with van der Waals surface area (Å²) in [6.07, 6.45) is 0.962. The zero-order valence-corrected chi connectivity index (χ0v) is 11.9. The van der Waals surface area contributed by atoms with Crippen molar-refractivity contribution in [1.82, 2.24) is 5.32 Å². The van der Waals surface area contributed by atoms with Crippen LogP contribution >= 0.6 is 0 Å². The lowest BCUT2D eigenvalue weighted by molar-refractivity contribution is 0.414. The quantitative estimate of drug-likeness (QED) is 0.814. The van der Waals surface area contributed by atoms with Crippen molar-refractivity contribution in [3.05, 3.63) is 65.0 Å². The first kappa shape index (κ1) is 14.5. The molecular weight excluding hydrogens is 253 g/mol. The zero-order valence-electron chi connectivity index (χ0n) is 11.9. The fourth-order valence-corrected chi connectivity index (χ4v) is 2.07. The third kappa shape index (κ3) is 4.07. The highest BCUT2D eigenvalue weighted by Gasteiger charge is 1.99. The normalized spacial score (nSPS) is 10.6. The molecule has 0 bridgehead atoms. The molecule has 0 saturated carbocycles. The lowest BCUT2D eigenvalue weighted by Gasteiger charge is -2.07. The van der Waals surface area contributed by atoms with Crippen molar-refractivity contribution >= 4 is 0 Å². The molecule has 20 heavy (non-hydrogen) atoms. The molecule has 0 heterocycles. The molecule has 2 aromatic carbocycles. The maximum Gasteiger partial charge on any atom is 0.126 e.